The first-order valence-electron chi connectivity index (χ1n) is 9.72. The number of thioether (sulfide) groups is 1. The Bertz CT molecular complexity index is 1120. The molecule has 2 aliphatic rings. The van der Waals surface area contributed by atoms with Gasteiger partial charge in [-0.15, -0.1) is 0 Å². The predicted octanol–water partition coefficient (Wildman–Crippen LogP) is 3.82. The number of hydrogen-bond donors (Lipinski definition) is 0. The first-order valence-corrected chi connectivity index (χ1v) is 10.5. The van der Waals surface area contributed by atoms with Gasteiger partial charge in [0.25, 0.3) is 16.8 Å². The fourth-order valence-corrected chi connectivity index (χ4v) is 4.35. The van der Waals surface area contributed by atoms with Gasteiger partial charge in [-0.1, -0.05) is 6.07 Å². The maximum atomic E-state index is 12.6. The van der Waals surface area contributed by atoms with E-state index in [1.165, 1.54) is 18.2 Å². The van der Waals surface area contributed by atoms with Gasteiger partial charge in [0, 0.05) is 36.9 Å². The lowest BCUT2D eigenvalue weighted by molar-refractivity contribution is -0.384. The number of rotatable bonds is 5. The molecule has 0 radical (unpaired) electrons. The topological polar surface area (TPSA) is 114 Å². The van der Waals surface area contributed by atoms with E-state index >= 15 is 0 Å². The lowest BCUT2D eigenvalue weighted by Crippen LogP contribution is -2.40. The van der Waals surface area contributed by atoms with Gasteiger partial charge in [-0.3, -0.25) is 29.4 Å². The highest BCUT2D eigenvalue weighted by molar-refractivity contribution is 8.18. The van der Waals surface area contributed by atoms with Crippen LogP contribution in [0.4, 0.5) is 10.5 Å². The fraction of sp³-hybridized carbons (Fsp3) is 0.286. The summed E-state index contributed by atoms with van der Waals surface area (Å²) in [4.78, 5) is 50.6. The van der Waals surface area contributed by atoms with Crippen LogP contribution < -0.4 is 0 Å². The highest BCUT2D eigenvalue weighted by atomic mass is 32.2. The largest absolute Gasteiger partial charge is 0.457 e. The fourth-order valence-electron chi connectivity index (χ4n) is 3.53. The molecule has 3 heterocycles. The minimum Gasteiger partial charge on any atom is -0.457 e. The van der Waals surface area contributed by atoms with Crippen molar-refractivity contribution >= 4 is 40.6 Å². The van der Waals surface area contributed by atoms with Crippen molar-refractivity contribution in [1.29, 1.82) is 0 Å². The van der Waals surface area contributed by atoms with Gasteiger partial charge in [0.15, 0.2) is 0 Å². The van der Waals surface area contributed by atoms with Gasteiger partial charge in [0.1, 0.15) is 18.1 Å². The highest BCUT2D eigenvalue weighted by Crippen LogP contribution is 2.34. The number of nitro groups is 1. The number of non-ortho nitro benzene ring substituents is 1. The molecular formula is C21H19N3O6S. The molecule has 2 aliphatic heterocycles. The van der Waals surface area contributed by atoms with Crippen molar-refractivity contribution in [3.05, 3.63) is 56.7 Å². The zero-order valence-electron chi connectivity index (χ0n) is 16.7. The zero-order valence-corrected chi connectivity index (χ0v) is 17.5. The minimum absolute atomic E-state index is 0.0534. The van der Waals surface area contributed by atoms with Gasteiger partial charge < -0.3 is 9.32 Å². The molecule has 0 unspecified atom stereocenters. The Morgan fingerprint density at radius 3 is 2.68 bits per heavy atom. The van der Waals surface area contributed by atoms with Crippen molar-refractivity contribution in [1.82, 2.24) is 9.80 Å². The van der Waals surface area contributed by atoms with Crippen LogP contribution in [0.3, 0.4) is 0 Å². The second-order valence-electron chi connectivity index (χ2n) is 7.31. The normalized spacial score (nSPS) is 17.8. The van der Waals surface area contributed by atoms with E-state index in [0.717, 1.165) is 35.1 Å². The Balaban J connectivity index is 1.52. The van der Waals surface area contributed by atoms with E-state index < -0.39 is 16.1 Å². The average molecular weight is 441 g/mol. The number of imide groups is 1. The number of furan rings is 1. The maximum absolute atomic E-state index is 12.6. The first kappa shape index (κ1) is 20.9. The van der Waals surface area contributed by atoms with E-state index in [2.05, 4.69) is 0 Å². The Kier molecular flexibility index (Phi) is 5.64. The van der Waals surface area contributed by atoms with Gasteiger partial charge >= 0.3 is 0 Å². The summed E-state index contributed by atoms with van der Waals surface area (Å²) in [6.45, 7) is 2.84. The molecule has 0 N–H and O–H groups in total. The molecule has 2 aromatic rings. The third-order valence-electron chi connectivity index (χ3n) is 5.22. The van der Waals surface area contributed by atoms with Crippen molar-refractivity contribution in [2.75, 3.05) is 19.6 Å². The van der Waals surface area contributed by atoms with Crippen molar-refractivity contribution < 1.29 is 23.7 Å². The molecular weight excluding hydrogens is 422 g/mol. The average Bonchev–Trinajstić information content (AvgIpc) is 3.47. The molecule has 0 aliphatic carbocycles. The zero-order chi connectivity index (χ0) is 22.1. The smallest absolute Gasteiger partial charge is 0.294 e. The van der Waals surface area contributed by atoms with E-state index in [0.29, 0.717) is 30.2 Å². The molecule has 2 fully saturated rings. The number of carbonyl (C=O) groups is 3. The van der Waals surface area contributed by atoms with Gasteiger partial charge in [-0.05, 0) is 49.2 Å². The number of hydrogen-bond acceptors (Lipinski definition) is 7. The number of nitrogens with zero attached hydrogens (tertiary/aromatic N) is 3. The van der Waals surface area contributed by atoms with Gasteiger partial charge in [0.2, 0.25) is 5.91 Å². The number of nitro benzene ring substituents is 1. The molecule has 1 aromatic heterocycles. The summed E-state index contributed by atoms with van der Waals surface area (Å²) in [5, 5.41) is 10.6. The second-order valence-corrected chi connectivity index (χ2v) is 8.31. The van der Waals surface area contributed by atoms with Crippen LogP contribution in [0.2, 0.25) is 0 Å². The van der Waals surface area contributed by atoms with Crippen molar-refractivity contribution in [2.45, 2.75) is 19.8 Å². The summed E-state index contributed by atoms with van der Waals surface area (Å²) in [5.74, 6) is -0.0253. The lowest BCUT2D eigenvalue weighted by Gasteiger charge is -2.18. The molecule has 0 bridgehead atoms. The van der Waals surface area contributed by atoms with Gasteiger partial charge in [-0.2, -0.15) is 0 Å². The minimum atomic E-state index is -0.535. The number of aryl methyl sites for hydroxylation is 1. The van der Waals surface area contributed by atoms with Crippen LogP contribution >= 0.6 is 11.8 Å². The molecule has 0 atom stereocenters. The maximum Gasteiger partial charge on any atom is 0.294 e. The Hall–Kier alpha value is -3.40. The van der Waals surface area contributed by atoms with E-state index in [-0.39, 0.29) is 23.0 Å². The molecule has 10 heteroatoms. The van der Waals surface area contributed by atoms with Crippen molar-refractivity contribution in [3.8, 4) is 11.3 Å². The van der Waals surface area contributed by atoms with E-state index in [1.54, 1.807) is 23.1 Å². The molecule has 160 valence electrons. The lowest BCUT2D eigenvalue weighted by atomic mass is 10.1. The van der Waals surface area contributed by atoms with Crippen molar-refractivity contribution in [2.24, 2.45) is 0 Å². The van der Waals surface area contributed by atoms with Crippen LogP contribution in [0, 0.1) is 17.0 Å². The molecule has 3 amide bonds. The number of amides is 3. The molecule has 1 aromatic carbocycles. The van der Waals surface area contributed by atoms with Crippen LogP contribution in [0.5, 0.6) is 0 Å². The van der Waals surface area contributed by atoms with Crippen LogP contribution in [0.15, 0.2) is 39.7 Å². The quantitative estimate of drug-likeness (QED) is 0.394. The van der Waals surface area contributed by atoms with Gasteiger partial charge in [0.05, 0.1) is 9.83 Å². The molecule has 31 heavy (non-hydrogen) atoms. The Morgan fingerprint density at radius 2 is 1.97 bits per heavy atom. The van der Waals surface area contributed by atoms with Crippen LogP contribution in [0.25, 0.3) is 17.4 Å². The summed E-state index contributed by atoms with van der Waals surface area (Å²) in [7, 11) is 0. The third kappa shape index (κ3) is 4.24. The van der Waals surface area contributed by atoms with Crippen LogP contribution in [0.1, 0.15) is 24.2 Å². The Labute approximate surface area is 181 Å². The van der Waals surface area contributed by atoms with Gasteiger partial charge in [-0.25, -0.2) is 0 Å². The summed E-state index contributed by atoms with van der Waals surface area (Å²) >= 11 is 0.754. The Morgan fingerprint density at radius 1 is 1.23 bits per heavy atom. The summed E-state index contributed by atoms with van der Waals surface area (Å²) in [5.41, 5.74) is 1.31. The number of likely N-dealkylation sites (tertiary alicyclic amines) is 1. The van der Waals surface area contributed by atoms with Crippen LogP contribution in [-0.4, -0.2) is 51.4 Å². The van der Waals surface area contributed by atoms with Crippen molar-refractivity contribution in [3.63, 3.8) is 0 Å². The van der Waals surface area contributed by atoms with Crippen LogP contribution in [-0.2, 0) is 9.59 Å². The van der Waals surface area contributed by atoms with E-state index in [4.69, 9.17) is 4.42 Å². The first-order chi connectivity index (χ1) is 14.8. The summed E-state index contributed by atoms with van der Waals surface area (Å²) in [6.07, 6.45) is 3.30. The third-order valence-corrected chi connectivity index (χ3v) is 6.13. The van der Waals surface area contributed by atoms with E-state index in [9.17, 15) is 24.5 Å². The second kappa shape index (κ2) is 8.38. The summed E-state index contributed by atoms with van der Waals surface area (Å²) in [6, 6.07) is 7.76. The standard InChI is InChI=1S/C21H19N3O6S/c1-13-4-5-14(24(28)29)10-16(13)17-7-6-15(30-17)11-18-20(26)23(21(27)31-18)12-19(25)22-8-2-3-9-22/h4-7,10-11H,2-3,8-9,12H2,1H3/b18-11-. The molecule has 0 spiro atoms. The SMILES string of the molecule is Cc1ccc([N+](=O)[O-])cc1-c1ccc(/C=C2\SC(=O)N(CC(=O)N3CCCC3)C2=O)o1. The monoisotopic (exact) mass is 441 g/mol. The molecule has 0 saturated carbocycles. The van der Waals surface area contributed by atoms with E-state index in [1.807, 2.05) is 6.92 Å². The molecule has 4 rings (SSSR count). The molecule has 2 saturated heterocycles. The number of benzene rings is 1. The molecule has 9 nitrogen and oxygen atoms in total. The highest BCUT2D eigenvalue weighted by Gasteiger charge is 2.37. The summed E-state index contributed by atoms with van der Waals surface area (Å²) < 4.78 is 5.76. The predicted molar refractivity (Wildman–Crippen MR) is 114 cm³/mol. The number of carbonyl (C=O) groups excluding carboxylic acids is 3.